The van der Waals surface area contributed by atoms with Crippen molar-refractivity contribution >= 4 is 22.6 Å². The maximum Gasteiger partial charge on any atom is 0.234 e. The summed E-state index contributed by atoms with van der Waals surface area (Å²) in [6.45, 7) is 3.81. The van der Waals surface area contributed by atoms with Crippen LogP contribution in [0.5, 0.6) is 5.75 Å². The maximum atomic E-state index is 12.7. The lowest BCUT2D eigenvalue weighted by Gasteiger charge is -2.39. The molecule has 0 aliphatic carbocycles. The standard InChI is InChI=1S/C16H13ClO4/c1-16(2)15-9(5-6-19-15)13-14(21-16)12(18)10-7-8(17)3-4-11(10)20-13/h3-7,9,15H,1-2H3/t9-,15-/m0/s1. The molecule has 21 heavy (non-hydrogen) atoms. The van der Waals surface area contributed by atoms with E-state index in [1.54, 1.807) is 24.5 Å². The van der Waals surface area contributed by atoms with E-state index in [4.69, 9.17) is 25.5 Å². The Morgan fingerprint density at radius 3 is 2.90 bits per heavy atom. The number of hydrogen-bond acceptors (Lipinski definition) is 4. The van der Waals surface area contributed by atoms with Crippen LogP contribution in [0.1, 0.15) is 25.5 Å². The van der Waals surface area contributed by atoms with E-state index >= 15 is 0 Å². The Morgan fingerprint density at radius 1 is 1.29 bits per heavy atom. The van der Waals surface area contributed by atoms with E-state index in [2.05, 4.69) is 0 Å². The van der Waals surface area contributed by atoms with Gasteiger partial charge in [-0.15, -0.1) is 0 Å². The second-order valence-corrected chi connectivity index (χ2v) is 6.32. The largest absolute Gasteiger partial charge is 0.493 e. The Hall–Kier alpha value is -1.94. The molecule has 0 saturated carbocycles. The third kappa shape index (κ3) is 1.72. The predicted octanol–water partition coefficient (Wildman–Crippen LogP) is 3.61. The molecule has 3 heterocycles. The monoisotopic (exact) mass is 304 g/mol. The zero-order valence-electron chi connectivity index (χ0n) is 11.6. The number of fused-ring (bicyclic) bond motifs is 4. The van der Waals surface area contributed by atoms with Crippen LogP contribution in [-0.2, 0) is 4.74 Å². The van der Waals surface area contributed by atoms with Gasteiger partial charge in [0.15, 0.2) is 11.9 Å². The van der Waals surface area contributed by atoms with Crippen molar-refractivity contribution in [1.29, 1.82) is 0 Å². The van der Waals surface area contributed by atoms with E-state index in [-0.39, 0.29) is 23.2 Å². The second-order valence-electron chi connectivity index (χ2n) is 5.88. The molecule has 0 saturated heterocycles. The summed E-state index contributed by atoms with van der Waals surface area (Å²) in [7, 11) is 0. The van der Waals surface area contributed by atoms with E-state index in [1.165, 1.54) is 0 Å². The minimum Gasteiger partial charge on any atom is -0.493 e. The molecule has 0 fully saturated rings. The molecule has 1 aromatic heterocycles. The summed E-state index contributed by atoms with van der Waals surface area (Å²) in [4.78, 5) is 12.7. The molecule has 0 unspecified atom stereocenters. The van der Waals surface area contributed by atoms with Gasteiger partial charge in [-0.25, -0.2) is 0 Å². The Bertz CT molecular complexity index is 834. The van der Waals surface area contributed by atoms with Gasteiger partial charge in [-0.3, -0.25) is 4.79 Å². The summed E-state index contributed by atoms with van der Waals surface area (Å²) < 4.78 is 17.4. The summed E-state index contributed by atoms with van der Waals surface area (Å²) in [5, 5.41) is 0.921. The molecule has 1 aromatic carbocycles. The van der Waals surface area contributed by atoms with Crippen molar-refractivity contribution in [2.45, 2.75) is 31.5 Å². The van der Waals surface area contributed by atoms with Gasteiger partial charge in [0, 0.05) is 5.02 Å². The highest BCUT2D eigenvalue weighted by atomic mass is 35.5. The van der Waals surface area contributed by atoms with Crippen molar-refractivity contribution in [2.75, 3.05) is 0 Å². The SMILES string of the molecule is CC1(C)Oc2c(oc3ccc(Cl)cc3c2=O)[C@@H]2C=CO[C@@H]21. The average Bonchev–Trinajstić information content (AvgIpc) is 2.92. The van der Waals surface area contributed by atoms with Crippen molar-refractivity contribution in [3.05, 3.63) is 51.5 Å². The lowest BCUT2D eigenvalue weighted by Crippen LogP contribution is -2.49. The van der Waals surface area contributed by atoms with Crippen LogP contribution in [0.2, 0.25) is 5.02 Å². The molecule has 2 aliphatic rings. The smallest absolute Gasteiger partial charge is 0.234 e. The van der Waals surface area contributed by atoms with Crippen LogP contribution in [0.25, 0.3) is 11.0 Å². The zero-order chi connectivity index (χ0) is 14.8. The molecule has 4 rings (SSSR count). The molecular weight excluding hydrogens is 292 g/mol. The molecule has 2 atom stereocenters. The van der Waals surface area contributed by atoms with Crippen molar-refractivity contribution in [1.82, 2.24) is 0 Å². The molecule has 0 spiro atoms. The van der Waals surface area contributed by atoms with E-state index in [0.717, 1.165) is 0 Å². The van der Waals surface area contributed by atoms with Gasteiger partial charge in [0.05, 0.1) is 17.6 Å². The molecule has 4 nitrogen and oxygen atoms in total. The molecular formula is C16H13ClO4. The van der Waals surface area contributed by atoms with E-state index in [9.17, 15) is 4.79 Å². The molecule has 2 aliphatic heterocycles. The molecule has 0 N–H and O–H groups in total. The topological polar surface area (TPSA) is 48.7 Å². The number of halogens is 1. The summed E-state index contributed by atoms with van der Waals surface area (Å²) in [6, 6.07) is 5.01. The first-order valence-electron chi connectivity index (χ1n) is 6.75. The van der Waals surface area contributed by atoms with Gasteiger partial charge >= 0.3 is 0 Å². The van der Waals surface area contributed by atoms with E-state index in [0.29, 0.717) is 21.8 Å². The van der Waals surface area contributed by atoms with Crippen molar-refractivity contribution in [3.8, 4) is 5.75 Å². The minimum atomic E-state index is -0.609. The molecule has 5 heteroatoms. The summed E-state index contributed by atoms with van der Waals surface area (Å²) in [6.07, 6.45) is 3.35. The quantitative estimate of drug-likeness (QED) is 0.746. The first-order chi connectivity index (χ1) is 9.97. The van der Waals surface area contributed by atoms with Crippen molar-refractivity contribution in [2.24, 2.45) is 0 Å². The predicted molar refractivity (Wildman–Crippen MR) is 79.0 cm³/mol. The number of rotatable bonds is 0. The molecule has 0 bridgehead atoms. The van der Waals surface area contributed by atoms with Crippen LogP contribution in [0.4, 0.5) is 0 Å². The van der Waals surface area contributed by atoms with Crippen LogP contribution >= 0.6 is 11.6 Å². The summed E-state index contributed by atoms with van der Waals surface area (Å²) in [5.41, 5.74) is -0.298. The van der Waals surface area contributed by atoms with Gasteiger partial charge in [0.25, 0.3) is 0 Å². The Kier molecular flexibility index (Phi) is 2.46. The second kappa shape index (κ2) is 4.04. The lowest BCUT2D eigenvalue weighted by molar-refractivity contribution is -0.0516. The van der Waals surface area contributed by atoms with Gasteiger partial charge in [-0.1, -0.05) is 11.6 Å². The van der Waals surface area contributed by atoms with E-state index < -0.39 is 5.60 Å². The van der Waals surface area contributed by atoms with Gasteiger partial charge in [-0.2, -0.15) is 0 Å². The zero-order valence-corrected chi connectivity index (χ0v) is 12.3. The normalized spacial score (nSPS) is 25.1. The van der Waals surface area contributed by atoms with E-state index in [1.807, 2.05) is 19.9 Å². The molecule has 108 valence electrons. The third-order valence-electron chi connectivity index (χ3n) is 4.03. The molecule has 0 amide bonds. The lowest BCUT2D eigenvalue weighted by atomic mass is 9.85. The first kappa shape index (κ1) is 12.8. The summed E-state index contributed by atoms with van der Waals surface area (Å²) >= 11 is 5.97. The average molecular weight is 305 g/mol. The maximum absolute atomic E-state index is 12.7. The Labute approximate surface area is 125 Å². The highest BCUT2D eigenvalue weighted by Crippen LogP contribution is 2.45. The van der Waals surface area contributed by atoms with Crippen LogP contribution < -0.4 is 10.2 Å². The van der Waals surface area contributed by atoms with Gasteiger partial charge in [0.2, 0.25) is 11.2 Å². The molecule has 0 radical (unpaired) electrons. The fourth-order valence-electron chi connectivity index (χ4n) is 3.03. The fourth-order valence-corrected chi connectivity index (χ4v) is 3.20. The Balaban J connectivity index is 2.05. The highest BCUT2D eigenvalue weighted by molar-refractivity contribution is 6.31. The summed E-state index contributed by atoms with van der Waals surface area (Å²) in [5.74, 6) is 0.663. The van der Waals surface area contributed by atoms with Crippen molar-refractivity contribution in [3.63, 3.8) is 0 Å². The van der Waals surface area contributed by atoms with Crippen LogP contribution in [0.15, 0.2) is 39.7 Å². The Morgan fingerprint density at radius 2 is 2.10 bits per heavy atom. The third-order valence-corrected chi connectivity index (χ3v) is 4.26. The minimum absolute atomic E-state index is 0.114. The molecule has 2 aromatic rings. The fraction of sp³-hybridized carbons (Fsp3) is 0.312. The van der Waals surface area contributed by atoms with Crippen molar-refractivity contribution < 1.29 is 13.9 Å². The van der Waals surface area contributed by atoms with Crippen LogP contribution in [0, 0.1) is 0 Å². The number of benzene rings is 1. The number of hydrogen-bond donors (Lipinski definition) is 0. The first-order valence-corrected chi connectivity index (χ1v) is 7.12. The van der Waals surface area contributed by atoms with Crippen LogP contribution in [-0.4, -0.2) is 11.7 Å². The number of ether oxygens (including phenoxy) is 2. The van der Waals surface area contributed by atoms with Gasteiger partial charge < -0.3 is 13.9 Å². The highest BCUT2D eigenvalue weighted by Gasteiger charge is 2.49. The van der Waals surface area contributed by atoms with Gasteiger partial charge in [-0.05, 0) is 38.1 Å². The van der Waals surface area contributed by atoms with Gasteiger partial charge in [0.1, 0.15) is 11.2 Å². The van der Waals surface area contributed by atoms with Crippen LogP contribution in [0.3, 0.4) is 0 Å².